The van der Waals surface area contributed by atoms with Gasteiger partial charge in [0, 0.05) is 12.6 Å². The van der Waals surface area contributed by atoms with Gasteiger partial charge < -0.3 is 0 Å². The van der Waals surface area contributed by atoms with E-state index in [1.165, 1.54) is 58.0 Å². The van der Waals surface area contributed by atoms with Gasteiger partial charge >= 0.3 is 0 Å². The summed E-state index contributed by atoms with van der Waals surface area (Å²) in [6.45, 7) is 3.63. The molecule has 0 amide bonds. The lowest BCUT2D eigenvalue weighted by molar-refractivity contribution is 0.110. The van der Waals surface area contributed by atoms with Gasteiger partial charge in [-0.2, -0.15) is 5.10 Å². The number of aromatic nitrogens is 3. The topological polar surface area (TPSA) is 34.0 Å². The summed E-state index contributed by atoms with van der Waals surface area (Å²) in [5.41, 5.74) is 0. The molecular weight excluding hydrogens is 224 g/mol. The predicted octanol–water partition coefficient (Wildman–Crippen LogP) is 2.32. The Morgan fingerprint density at radius 3 is 2.61 bits per heavy atom. The zero-order valence-corrected chi connectivity index (χ0v) is 11.2. The summed E-state index contributed by atoms with van der Waals surface area (Å²) >= 11 is 0. The van der Waals surface area contributed by atoms with E-state index in [4.69, 9.17) is 0 Å². The molecule has 0 spiro atoms. The van der Waals surface area contributed by atoms with Gasteiger partial charge in [0.25, 0.3) is 0 Å². The van der Waals surface area contributed by atoms with Crippen molar-refractivity contribution in [1.82, 2.24) is 19.7 Å². The standard InChI is InChI=1S/C14H24N4/c1-2-6-13(5-1)9-17-8-4-3-7-14(17)10-18-12-15-11-16-18/h11-14H,1-10H2/t14-/m1/s1. The van der Waals surface area contributed by atoms with Gasteiger partial charge in [-0.05, 0) is 38.1 Å². The van der Waals surface area contributed by atoms with Crippen LogP contribution in [0.5, 0.6) is 0 Å². The van der Waals surface area contributed by atoms with Gasteiger partial charge in [-0.15, -0.1) is 0 Å². The van der Waals surface area contributed by atoms with Gasteiger partial charge in [-0.25, -0.2) is 4.98 Å². The highest BCUT2D eigenvalue weighted by Crippen LogP contribution is 2.28. The minimum atomic E-state index is 0.682. The molecule has 18 heavy (non-hydrogen) atoms. The number of rotatable bonds is 4. The number of likely N-dealkylation sites (tertiary alicyclic amines) is 1. The fourth-order valence-corrected chi connectivity index (χ4v) is 3.57. The van der Waals surface area contributed by atoms with E-state index in [9.17, 15) is 0 Å². The molecule has 0 aromatic carbocycles. The number of hydrogen-bond donors (Lipinski definition) is 0. The van der Waals surface area contributed by atoms with E-state index in [1.807, 2.05) is 11.0 Å². The molecule has 4 heteroatoms. The van der Waals surface area contributed by atoms with Crippen molar-refractivity contribution in [1.29, 1.82) is 0 Å². The maximum atomic E-state index is 4.26. The monoisotopic (exact) mass is 248 g/mol. The van der Waals surface area contributed by atoms with Crippen LogP contribution in [0.4, 0.5) is 0 Å². The first-order valence-electron chi connectivity index (χ1n) is 7.48. The van der Waals surface area contributed by atoms with Crippen LogP contribution < -0.4 is 0 Å². The van der Waals surface area contributed by atoms with Gasteiger partial charge in [-0.3, -0.25) is 9.58 Å². The smallest absolute Gasteiger partial charge is 0.137 e. The van der Waals surface area contributed by atoms with Crippen molar-refractivity contribution in [3.05, 3.63) is 12.7 Å². The van der Waals surface area contributed by atoms with E-state index in [1.54, 1.807) is 6.33 Å². The maximum Gasteiger partial charge on any atom is 0.137 e. The van der Waals surface area contributed by atoms with Crippen LogP contribution in [0.1, 0.15) is 44.9 Å². The lowest BCUT2D eigenvalue weighted by atomic mass is 9.99. The molecule has 3 rings (SSSR count). The average Bonchev–Trinajstić information content (AvgIpc) is 3.05. The highest BCUT2D eigenvalue weighted by molar-refractivity contribution is 4.81. The fourth-order valence-electron chi connectivity index (χ4n) is 3.57. The summed E-state index contributed by atoms with van der Waals surface area (Å²) in [7, 11) is 0. The van der Waals surface area contributed by atoms with Crippen molar-refractivity contribution in [3.63, 3.8) is 0 Å². The first kappa shape index (κ1) is 12.2. The third kappa shape index (κ3) is 2.91. The third-order valence-electron chi connectivity index (χ3n) is 4.58. The SMILES string of the molecule is c1ncn(C[C@H]2CCCCN2CC2CCCC2)n1. The molecular formula is C14H24N4. The Hall–Kier alpha value is -0.900. The second-order valence-corrected chi connectivity index (χ2v) is 5.91. The largest absolute Gasteiger partial charge is 0.298 e. The van der Waals surface area contributed by atoms with Crippen LogP contribution in [0.2, 0.25) is 0 Å². The summed E-state index contributed by atoms with van der Waals surface area (Å²) in [6, 6.07) is 0.682. The molecule has 1 saturated heterocycles. The van der Waals surface area contributed by atoms with Crippen LogP contribution in [0.15, 0.2) is 12.7 Å². The van der Waals surface area contributed by atoms with Crippen molar-refractivity contribution in [2.75, 3.05) is 13.1 Å². The second-order valence-electron chi connectivity index (χ2n) is 5.91. The molecule has 1 aromatic heterocycles. The van der Waals surface area contributed by atoms with E-state index in [0.717, 1.165) is 12.5 Å². The van der Waals surface area contributed by atoms with E-state index in [2.05, 4.69) is 15.0 Å². The molecule has 1 aliphatic carbocycles. The molecule has 0 unspecified atom stereocenters. The van der Waals surface area contributed by atoms with Crippen molar-refractivity contribution in [2.45, 2.75) is 57.5 Å². The predicted molar refractivity (Wildman–Crippen MR) is 71.2 cm³/mol. The van der Waals surface area contributed by atoms with Crippen LogP contribution >= 0.6 is 0 Å². The summed E-state index contributed by atoms with van der Waals surface area (Å²) in [6.07, 6.45) is 13.4. The molecule has 1 saturated carbocycles. The summed E-state index contributed by atoms with van der Waals surface area (Å²) in [5.74, 6) is 0.960. The number of hydrogen-bond acceptors (Lipinski definition) is 3. The second kappa shape index (κ2) is 5.83. The quantitative estimate of drug-likeness (QED) is 0.820. The Bertz CT molecular complexity index is 343. The van der Waals surface area contributed by atoms with Gasteiger partial charge in [0.2, 0.25) is 0 Å². The first-order valence-corrected chi connectivity index (χ1v) is 7.48. The fraction of sp³-hybridized carbons (Fsp3) is 0.857. The molecule has 2 aliphatic rings. The Balaban J connectivity index is 1.58. The van der Waals surface area contributed by atoms with E-state index >= 15 is 0 Å². The lowest BCUT2D eigenvalue weighted by Crippen LogP contribution is -2.44. The lowest BCUT2D eigenvalue weighted by Gasteiger charge is -2.37. The average molecular weight is 248 g/mol. The Labute approximate surface area is 109 Å². The Morgan fingerprint density at radius 1 is 1.00 bits per heavy atom. The third-order valence-corrected chi connectivity index (χ3v) is 4.58. The highest BCUT2D eigenvalue weighted by atomic mass is 15.3. The molecule has 0 radical (unpaired) electrons. The van der Waals surface area contributed by atoms with Gasteiger partial charge in [0.05, 0.1) is 6.54 Å². The molecule has 0 bridgehead atoms. The zero-order chi connectivity index (χ0) is 12.2. The summed E-state index contributed by atoms with van der Waals surface area (Å²) in [4.78, 5) is 6.77. The minimum Gasteiger partial charge on any atom is -0.298 e. The van der Waals surface area contributed by atoms with Gasteiger partial charge in [0.1, 0.15) is 12.7 Å². The Kier molecular flexibility index (Phi) is 3.93. The van der Waals surface area contributed by atoms with Gasteiger partial charge in [0.15, 0.2) is 0 Å². The normalized spacial score (nSPS) is 26.8. The van der Waals surface area contributed by atoms with Crippen LogP contribution in [0.3, 0.4) is 0 Å². The highest BCUT2D eigenvalue weighted by Gasteiger charge is 2.26. The van der Waals surface area contributed by atoms with E-state index in [0.29, 0.717) is 6.04 Å². The Morgan fingerprint density at radius 2 is 1.83 bits per heavy atom. The van der Waals surface area contributed by atoms with E-state index < -0.39 is 0 Å². The molecule has 100 valence electrons. The molecule has 1 atom stereocenters. The molecule has 1 aromatic rings. The molecule has 0 N–H and O–H groups in total. The van der Waals surface area contributed by atoms with E-state index in [-0.39, 0.29) is 0 Å². The van der Waals surface area contributed by atoms with Crippen LogP contribution in [-0.2, 0) is 6.54 Å². The first-order chi connectivity index (χ1) is 8.92. The van der Waals surface area contributed by atoms with Crippen molar-refractivity contribution < 1.29 is 0 Å². The molecule has 1 aliphatic heterocycles. The summed E-state index contributed by atoms with van der Waals surface area (Å²) < 4.78 is 2.00. The van der Waals surface area contributed by atoms with Crippen LogP contribution in [-0.4, -0.2) is 38.8 Å². The minimum absolute atomic E-state index is 0.682. The molecule has 2 fully saturated rings. The molecule has 2 heterocycles. The van der Waals surface area contributed by atoms with Crippen molar-refractivity contribution in [3.8, 4) is 0 Å². The number of piperidine rings is 1. The summed E-state index contributed by atoms with van der Waals surface area (Å²) in [5, 5.41) is 4.26. The van der Waals surface area contributed by atoms with Crippen LogP contribution in [0.25, 0.3) is 0 Å². The zero-order valence-electron chi connectivity index (χ0n) is 11.2. The van der Waals surface area contributed by atoms with Crippen molar-refractivity contribution >= 4 is 0 Å². The van der Waals surface area contributed by atoms with Gasteiger partial charge in [-0.1, -0.05) is 19.3 Å². The number of nitrogens with zero attached hydrogens (tertiary/aromatic N) is 4. The van der Waals surface area contributed by atoms with Crippen molar-refractivity contribution in [2.24, 2.45) is 5.92 Å². The van der Waals surface area contributed by atoms with Crippen LogP contribution in [0, 0.1) is 5.92 Å². The molecule has 4 nitrogen and oxygen atoms in total. The maximum absolute atomic E-state index is 4.26.